The maximum atomic E-state index is 12.9. The van der Waals surface area contributed by atoms with Crippen molar-refractivity contribution < 1.29 is 33.6 Å². The van der Waals surface area contributed by atoms with E-state index in [1.807, 2.05) is 74.6 Å². The van der Waals surface area contributed by atoms with E-state index in [0.717, 1.165) is 35.1 Å². The molecule has 3 aromatic carbocycles. The molecule has 262 valence electrons. The van der Waals surface area contributed by atoms with E-state index in [1.54, 1.807) is 20.3 Å². The number of carboxylic acid groups (broad SMARTS) is 1. The summed E-state index contributed by atoms with van der Waals surface area (Å²) < 4.78 is 31.0. The number of benzene rings is 3. The minimum absolute atomic E-state index is 0.0336. The largest absolute Gasteiger partial charge is 0.488 e. The second-order valence-electron chi connectivity index (χ2n) is 13.8. The number of carboxylic acids is 1. The Balaban J connectivity index is 1.58. The van der Waals surface area contributed by atoms with Crippen LogP contribution in [0, 0.1) is 24.2 Å². The van der Waals surface area contributed by atoms with E-state index in [2.05, 4.69) is 33.0 Å². The summed E-state index contributed by atoms with van der Waals surface area (Å²) in [5.74, 6) is 0.453. The maximum Gasteiger partial charge on any atom is 0.339 e. The molecule has 4 rings (SSSR count). The second kappa shape index (κ2) is 17.3. The summed E-state index contributed by atoms with van der Waals surface area (Å²) in [6, 6.07) is 21.4. The summed E-state index contributed by atoms with van der Waals surface area (Å²) in [5, 5.41) is 13.8. The van der Waals surface area contributed by atoms with Gasteiger partial charge in [-0.05, 0) is 72.7 Å². The average Bonchev–Trinajstić information content (AvgIpc) is 3.08. The van der Waals surface area contributed by atoms with Gasteiger partial charge in [0, 0.05) is 26.7 Å². The van der Waals surface area contributed by atoms with Gasteiger partial charge in [-0.2, -0.15) is 0 Å². The first kappa shape index (κ1) is 37.4. The van der Waals surface area contributed by atoms with Crippen molar-refractivity contribution in [1.29, 1.82) is 0 Å². The number of aromatic carboxylic acids is 1. The molecule has 8 nitrogen and oxygen atoms in total. The Hall–Kier alpha value is -3.43. The molecule has 1 fully saturated rings. The van der Waals surface area contributed by atoms with Gasteiger partial charge in [-0.15, -0.1) is 0 Å². The number of hydrogen-bond donors (Lipinski definition) is 2. The highest BCUT2D eigenvalue weighted by atomic mass is 16.6. The van der Waals surface area contributed by atoms with Gasteiger partial charge in [0.2, 0.25) is 0 Å². The van der Waals surface area contributed by atoms with Gasteiger partial charge in [0.25, 0.3) is 0 Å². The van der Waals surface area contributed by atoms with Crippen LogP contribution < -0.4 is 14.8 Å². The summed E-state index contributed by atoms with van der Waals surface area (Å²) in [7, 11) is 5.35. The van der Waals surface area contributed by atoms with Crippen molar-refractivity contribution in [2.45, 2.75) is 98.1 Å². The number of carbonyl (C=O) groups is 1. The van der Waals surface area contributed by atoms with Crippen molar-refractivity contribution in [3.63, 3.8) is 0 Å². The number of nitrogens with one attached hydrogen (secondary N) is 1. The van der Waals surface area contributed by atoms with Gasteiger partial charge in [-0.1, -0.05) is 88.4 Å². The predicted octanol–water partition coefficient (Wildman–Crippen LogP) is 7.84. The van der Waals surface area contributed by atoms with E-state index in [4.69, 9.17) is 23.7 Å². The van der Waals surface area contributed by atoms with Crippen LogP contribution in [0.15, 0.2) is 66.7 Å². The molecule has 1 heterocycles. The Morgan fingerprint density at radius 2 is 1.56 bits per heavy atom. The summed E-state index contributed by atoms with van der Waals surface area (Å²) in [6.07, 6.45) is 2.50. The van der Waals surface area contributed by atoms with E-state index in [-0.39, 0.29) is 48.0 Å². The summed E-state index contributed by atoms with van der Waals surface area (Å²) in [6.45, 7) is 11.6. The predicted molar refractivity (Wildman–Crippen MR) is 189 cm³/mol. The zero-order chi connectivity index (χ0) is 34.8. The van der Waals surface area contributed by atoms with Crippen LogP contribution in [0.5, 0.6) is 11.5 Å². The zero-order valence-electron chi connectivity index (χ0n) is 30.0. The normalized spacial score (nSPS) is 20.9. The fourth-order valence-electron chi connectivity index (χ4n) is 6.82. The summed E-state index contributed by atoms with van der Waals surface area (Å²) in [4.78, 5) is 12.9. The molecule has 0 saturated carbocycles. The molecule has 48 heavy (non-hydrogen) atoms. The van der Waals surface area contributed by atoms with Crippen molar-refractivity contribution in [3.05, 3.63) is 94.5 Å². The molecular formula is C40H55NO7. The van der Waals surface area contributed by atoms with E-state index in [9.17, 15) is 9.90 Å². The highest BCUT2D eigenvalue weighted by Gasteiger charge is 2.45. The third kappa shape index (κ3) is 9.17. The molecule has 0 aromatic heterocycles. The minimum atomic E-state index is -1.02. The van der Waals surface area contributed by atoms with E-state index in [1.165, 1.54) is 0 Å². The molecule has 0 aliphatic carbocycles. The second-order valence-corrected chi connectivity index (χ2v) is 13.8. The number of methoxy groups -OCH3 is 2. The van der Waals surface area contributed by atoms with Crippen molar-refractivity contribution in [2.24, 2.45) is 17.3 Å². The highest BCUT2D eigenvalue weighted by molar-refractivity contribution is 5.93. The van der Waals surface area contributed by atoms with Crippen LogP contribution >= 0.6 is 0 Å². The van der Waals surface area contributed by atoms with Crippen LogP contribution in [-0.4, -0.2) is 56.9 Å². The van der Waals surface area contributed by atoms with Crippen molar-refractivity contribution >= 4 is 5.97 Å². The fourth-order valence-corrected chi connectivity index (χ4v) is 6.82. The van der Waals surface area contributed by atoms with Crippen LogP contribution in [0.25, 0.3) is 0 Å². The molecule has 2 N–H and O–H groups in total. The first-order chi connectivity index (χ1) is 23.0. The molecular weight excluding hydrogens is 606 g/mol. The van der Waals surface area contributed by atoms with Gasteiger partial charge in [0.15, 0.2) is 0 Å². The summed E-state index contributed by atoms with van der Waals surface area (Å²) in [5.41, 5.74) is 3.64. The van der Waals surface area contributed by atoms with Crippen LogP contribution in [0.4, 0.5) is 0 Å². The molecule has 1 aliphatic rings. The number of likely N-dealkylation sites (N-methyl/N-ethyl adjacent to an activating group) is 1. The van der Waals surface area contributed by atoms with Gasteiger partial charge in [0.1, 0.15) is 36.5 Å². The van der Waals surface area contributed by atoms with E-state index >= 15 is 0 Å². The van der Waals surface area contributed by atoms with Crippen LogP contribution in [-0.2, 0) is 33.8 Å². The Labute approximate surface area is 287 Å². The third-order valence-electron chi connectivity index (χ3n) is 10.5. The topological polar surface area (TPSA) is 95.5 Å². The third-order valence-corrected chi connectivity index (χ3v) is 10.5. The van der Waals surface area contributed by atoms with Crippen molar-refractivity contribution in [3.8, 4) is 11.5 Å². The lowest BCUT2D eigenvalue weighted by molar-refractivity contribution is -0.196. The highest BCUT2D eigenvalue weighted by Crippen LogP contribution is 2.44. The molecule has 8 heteroatoms. The van der Waals surface area contributed by atoms with Crippen molar-refractivity contribution in [2.75, 3.05) is 21.3 Å². The molecule has 0 amide bonds. The van der Waals surface area contributed by atoms with Crippen LogP contribution in [0.3, 0.4) is 0 Å². The monoisotopic (exact) mass is 661 g/mol. The number of ether oxygens (including phenoxy) is 5. The quantitative estimate of drug-likeness (QED) is 0.141. The van der Waals surface area contributed by atoms with Crippen LogP contribution in [0.2, 0.25) is 0 Å². The Kier molecular flexibility index (Phi) is 13.5. The van der Waals surface area contributed by atoms with Gasteiger partial charge in [-0.3, -0.25) is 5.32 Å². The van der Waals surface area contributed by atoms with Gasteiger partial charge < -0.3 is 28.8 Å². The Bertz CT molecular complexity index is 1440. The Morgan fingerprint density at radius 3 is 2.08 bits per heavy atom. The molecule has 0 spiro atoms. The number of rotatable bonds is 17. The lowest BCUT2D eigenvalue weighted by atomic mass is 9.68. The SMILES string of the molecule is CNC(OC)C1CC(C)C(C)(C)C(CC(OC)C(C)CCc2c(C)c(OCc3ccccc3)cc(OCc3ccccc3)c2C(=O)O)O1. The number of hydrogen-bond acceptors (Lipinski definition) is 7. The molecule has 3 aromatic rings. The van der Waals surface area contributed by atoms with Gasteiger partial charge in [0.05, 0.1) is 18.3 Å². The van der Waals surface area contributed by atoms with Gasteiger partial charge in [-0.25, -0.2) is 4.79 Å². The molecule has 0 radical (unpaired) electrons. The summed E-state index contributed by atoms with van der Waals surface area (Å²) >= 11 is 0. The first-order valence-corrected chi connectivity index (χ1v) is 17.1. The maximum absolute atomic E-state index is 12.9. The van der Waals surface area contributed by atoms with E-state index < -0.39 is 5.97 Å². The molecule has 6 atom stereocenters. The smallest absolute Gasteiger partial charge is 0.339 e. The van der Waals surface area contributed by atoms with Crippen molar-refractivity contribution in [1.82, 2.24) is 5.32 Å². The first-order valence-electron chi connectivity index (χ1n) is 17.1. The lowest BCUT2D eigenvalue weighted by Gasteiger charge is -2.49. The lowest BCUT2D eigenvalue weighted by Crippen LogP contribution is -2.54. The average molecular weight is 662 g/mol. The Morgan fingerprint density at radius 1 is 0.979 bits per heavy atom. The van der Waals surface area contributed by atoms with Crippen LogP contribution in [0.1, 0.15) is 79.6 Å². The van der Waals surface area contributed by atoms with Gasteiger partial charge >= 0.3 is 5.97 Å². The minimum Gasteiger partial charge on any atom is -0.488 e. The molecule has 6 unspecified atom stereocenters. The zero-order valence-corrected chi connectivity index (χ0v) is 30.0. The molecule has 1 aliphatic heterocycles. The fraction of sp³-hybridized carbons (Fsp3) is 0.525. The van der Waals surface area contributed by atoms with E-state index in [0.29, 0.717) is 36.9 Å². The molecule has 1 saturated heterocycles. The molecule has 0 bridgehead atoms. The standard InChI is InChI=1S/C40H55NO7/c1-26(32(44-7)23-36-40(4,5)27(2)21-35(48-36)38(41-6)45-8)19-20-31-28(3)33(46-24-29-15-11-9-12-16-29)22-34(37(31)39(42)43)47-25-30-17-13-10-14-18-30/h9-18,22,26-27,32,35-36,38,41H,19-21,23-25H2,1-8H3,(H,42,43).